The maximum atomic E-state index is 12.3. The molecule has 1 aliphatic carbocycles. The summed E-state index contributed by atoms with van der Waals surface area (Å²) in [5.41, 5.74) is 0.252. The van der Waals surface area contributed by atoms with Crippen LogP contribution in [0, 0.1) is 17.3 Å². The molecule has 5 saturated heterocycles. The minimum atomic E-state index is 0.252. The molecule has 2 unspecified atom stereocenters. The van der Waals surface area contributed by atoms with Crippen molar-refractivity contribution in [2.24, 2.45) is 17.3 Å². The molecule has 1 amide bonds. The zero-order valence-corrected chi connectivity index (χ0v) is 13.0. The van der Waals surface area contributed by atoms with Gasteiger partial charge in [-0.05, 0) is 44.4 Å². The fraction of sp³-hybridized carbons (Fsp3) is 0.941. The lowest BCUT2D eigenvalue weighted by Gasteiger charge is -2.73. The number of carbonyl (C=O) groups excluding carboxylic acids is 1. The van der Waals surface area contributed by atoms with Crippen molar-refractivity contribution in [2.75, 3.05) is 13.1 Å². The summed E-state index contributed by atoms with van der Waals surface area (Å²) in [6, 6.07) is 0. The Morgan fingerprint density at radius 2 is 2.05 bits per heavy atom. The molecule has 0 N–H and O–H groups in total. The quantitative estimate of drug-likeness (QED) is 0.685. The fourth-order valence-electron chi connectivity index (χ4n) is 6.76. The standard InChI is InChI=1S/C17H26N2O2/c1-11(20)18-10-4-8-17-13-6-2-7-14(17)21-15-12(13)5-3-9-19(15)16(17)18/h12-16H,2-10H2,1H3/t12-,13-,14-,15?,16+,17+/m1/s1. The molecule has 0 aromatic heterocycles. The Morgan fingerprint density at radius 1 is 1.14 bits per heavy atom. The maximum absolute atomic E-state index is 12.3. The van der Waals surface area contributed by atoms with Gasteiger partial charge in [0, 0.05) is 31.3 Å². The molecule has 7 atom stereocenters. The van der Waals surface area contributed by atoms with Gasteiger partial charge in [0.25, 0.3) is 0 Å². The Bertz CT molecular complexity index is 481. The summed E-state index contributed by atoms with van der Waals surface area (Å²) in [7, 11) is 0. The normalized spacial score (nSPS) is 54.2. The SMILES string of the molecule is CC(=O)N1CCC[C@]23[C@@H]4CCC[C@H]2OC2[C@@H]4CCCN2[C@H]13. The van der Waals surface area contributed by atoms with Crippen LogP contribution in [-0.2, 0) is 9.53 Å². The van der Waals surface area contributed by atoms with Crippen LogP contribution in [0.1, 0.15) is 51.9 Å². The first-order valence-electron chi connectivity index (χ1n) is 8.92. The van der Waals surface area contributed by atoms with E-state index in [2.05, 4.69) is 9.80 Å². The molecule has 6 rings (SSSR count). The van der Waals surface area contributed by atoms with E-state index in [1.165, 1.54) is 38.5 Å². The first-order valence-corrected chi connectivity index (χ1v) is 8.92. The average Bonchev–Trinajstić information content (AvgIpc) is 2.47. The van der Waals surface area contributed by atoms with E-state index in [0.717, 1.165) is 31.3 Å². The molecular weight excluding hydrogens is 264 g/mol. The molecule has 4 nitrogen and oxygen atoms in total. The van der Waals surface area contributed by atoms with Gasteiger partial charge in [-0.15, -0.1) is 0 Å². The second-order valence-electron chi connectivity index (χ2n) is 7.90. The highest BCUT2D eigenvalue weighted by Gasteiger charge is 2.70. The third-order valence-corrected chi connectivity index (χ3v) is 7.24. The molecule has 21 heavy (non-hydrogen) atoms. The Morgan fingerprint density at radius 3 is 2.90 bits per heavy atom. The number of hydrogen-bond donors (Lipinski definition) is 0. The van der Waals surface area contributed by atoms with Crippen LogP contribution in [0.2, 0.25) is 0 Å². The lowest BCUT2D eigenvalue weighted by molar-refractivity contribution is -0.370. The predicted molar refractivity (Wildman–Crippen MR) is 78.3 cm³/mol. The molecule has 0 aromatic rings. The molecule has 1 spiro atoms. The van der Waals surface area contributed by atoms with Crippen LogP contribution in [0.5, 0.6) is 0 Å². The van der Waals surface area contributed by atoms with Gasteiger partial charge < -0.3 is 9.64 Å². The largest absolute Gasteiger partial charge is 0.359 e. The van der Waals surface area contributed by atoms with E-state index in [-0.39, 0.29) is 11.3 Å². The van der Waals surface area contributed by atoms with Crippen molar-refractivity contribution in [1.29, 1.82) is 0 Å². The second-order valence-corrected chi connectivity index (χ2v) is 7.90. The van der Waals surface area contributed by atoms with E-state index >= 15 is 0 Å². The van der Waals surface area contributed by atoms with Crippen molar-refractivity contribution in [3.63, 3.8) is 0 Å². The van der Waals surface area contributed by atoms with E-state index in [1.54, 1.807) is 6.92 Å². The lowest BCUT2D eigenvalue weighted by Crippen LogP contribution is -2.81. The smallest absolute Gasteiger partial charge is 0.220 e. The van der Waals surface area contributed by atoms with Crippen LogP contribution in [0.15, 0.2) is 0 Å². The van der Waals surface area contributed by atoms with Crippen molar-refractivity contribution in [3.8, 4) is 0 Å². The van der Waals surface area contributed by atoms with Crippen LogP contribution in [0.4, 0.5) is 0 Å². The highest BCUT2D eigenvalue weighted by molar-refractivity contribution is 5.74. The van der Waals surface area contributed by atoms with E-state index in [0.29, 0.717) is 18.5 Å². The van der Waals surface area contributed by atoms with Gasteiger partial charge in [0.05, 0.1) is 12.3 Å². The fourth-order valence-corrected chi connectivity index (χ4v) is 6.76. The molecule has 4 heteroatoms. The lowest BCUT2D eigenvalue weighted by atomic mass is 9.50. The first-order chi connectivity index (χ1) is 10.2. The van der Waals surface area contributed by atoms with Gasteiger partial charge in [-0.25, -0.2) is 0 Å². The Balaban J connectivity index is 1.66. The topological polar surface area (TPSA) is 32.8 Å². The molecule has 6 fully saturated rings. The molecule has 116 valence electrons. The zero-order chi connectivity index (χ0) is 14.2. The van der Waals surface area contributed by atoms with Crippen molar-refractivity contribution >= 4 is 5.91 Å². The van der Waals surface area contributed by atoms with E-state index < -0.39 is 0 Å². The Hall–Kier alpha value is -0.610. The van der Waals surface area contributed by atoms with Gasteiger partial charge in [-0.2, -0.15) is 0 Å². The maximum Gasteiger partial charge on any atom is 0.220 e. The van der Waals surface area contributed by atoms with Gasteiger partial charge in [0.2, 0.25) is 5.91 Å². The minimum absolute atomic E-state index is 0.252. The third kappa shape index (κ3) is 1.41. The number of hydrogen-bond acceptors (Lipinski definition) is 3. The van der Waals surface area contributed by atoms with Crippen molar-refractivity contribution < 1.29 is 9.53 Å². The summed E-state index contributed by atoms with van der Waals surface area (Å²) in [6.07, 6.45) is 10.0. The van der Waals surface area contributed by atoms with E-state index in [4.69, 9.17) is 4.74 Å². The molecule has 5 aliphatic heterocycles. The number of piperidine rings is 3. The van der Waals surface area contributed by atoms with Gasteiger partial charge >= 0.3 is 0 Å². The van der Waals surface area contributed by atoms with Crippen LogP contribution in [0.25, 0.3) is 0 Å². The molecule has 5 heterocycles. The zero-order valence-electron chi connectivity index (χ0n) is 13.0. The second kappa shape index (κ2) is 4.23. The van der Waals surface area contributed by atoms with E-state index in [9.17, 15) is 4.79 Å². The van der Waals surface area contributed by atoms with Crippen LogP contribution >= 0.6 is 0 Å². The Labute approximate surface area is 126 Å². The van der Waals surface area contributed by atoms with Crippen LogP contribution < -0.4 is 0 Å². The van der Waals surface area contributed by atoms with Crippen molar-refractivity contribution in [1.82, 2.24) is 9.80 Å². The Kier molecular flexibility index (Phi) is 2.59. The minimum Gasteiger partial charge on any atom is -0.359 e. The van der Waals surface area contributed by atoms with Gasteiger partial charge in [-0.1, -0.05) is 6.42 Å². The highest BCUT2D eigenvalue weighted by atomic mass is 16.5. The van der Waals surface area contributed by atoms with Gasteiger partial charge in [-0.3, -0.25) is 9.69 Å². The molecule has 6 bridgehead atoms. The molecule has 6 aliphatic rings. The van der Waals surface area contributed by atoms with E-state index in [1.807, 2.05) is 0 Å². The summed E-state index contributed by atoms with van der Waals surface area (Å²) in [6.45, 7) is 3.84. The summed E-state index contributed by atoms with van der Waals surface area (Å²) >= 11 is 0. The highest BCUT2D eigenvalue weighted by Crippen LogP contribution is 2.65. The van der Waals surface area contributed by atoms with Crippen LogP contribution in [-0.4, -0.2) is 47.3 Å². The predicted octanol–water partition coefficient (Wildman–Crippen LogP) is 2.19. The molecule has 1 saturated carbocycles. The number of carbonyl (C=O) groups is 1. The number of amides is 1. The third-order valence-electron chi connectivity index (χ3n) is 7.24. The first kappa shape index (κ1) is 12.9. The molecule has 0 aromatic carbocycles. The summed E-state index contributed by atoms with van der Waals surface area (Å²) in [4.78, 5) is 17.0. The average molecular weight is 290 g/mol. The van der Waals surface area contributed by atoms with Gasteiger partial charge in [0.15, 0.2) is 0 Å². The molecular formula is C17H26N2O2. The number of likely N-dealkylation sites (tertiary alicyclic amines) is 1. The van der Waals surface area contributed by atoms with Crippen molar-refractivity contribution in [3.05, 3.63) is 0 Å². The summed E-state index contributed by atoms with van der Waals surface area (Å²) in [5, 5.41) is 0. The number of ether oxygens (including phenoxy) is 1. The van der Waals surface area contributed by atoms with Crippen LogP contribution in [0.3, 0.4) is 0 Å². The number of nitrogens with zero attached hydrogens (tertiary/aromatic N) is 2. The van der Waals surface area contributed by atoms with Crippen molar-refractivity contribution in [2.45, 2.75) is 70.4 Å². The van der Waals surface area contributed by atoms with Gasteiger partial charge in [0.1, 0.15) is 6.23 Å². The monoisotopic (exact) mass is 290 g/mol. The summed E-state index contributed by atoms with van der Waals surface area (Å²) < 4.78 is 6.60. The summed E-state index contributed by atoms with van der Waals surface area (Å²) in [5.74, 6) is 1.81. The number of rotatable bonds is 0. The molecule has 0 radical (unpaired) electrons.